The highest BCUT2D eigenvalue weighted by molar-refractivity contribution is 8.18. The number of amides is 1. The molecule has 22 heavy (non-hydrogen) atoms. The highest BCUT2D eigenvalue weighted by Crippen LogP contribution is 2.25. The molecule has 114 valence electrons. The van der Waals surface area contributed by atoms with E-state index in [2.05, 4.69) is 20.3 Å². The maximum absolute atomic E-state index is 11.6. The van der Waals surface area contributed by atoms with Gasteiger partial charge in [0.25, 0.3) is 5.91 Å². The first-order valence-electron chi connectivity index (χ1n) is 5.85. The third-order valence-corrected chi connectivity index (χ3v) is 4.16. The lowest BCUT2D eigenvalue weighted by Gasteiger charge is -1.98. The number of ether oxygens (including phenoxy) is 1. The van der Waals surface area contributed by atoms with Crippen LogP contribution < -0.4 is 5.32 Å². The summed E-state index contributed by atoms with van der Waals surface area (Å²) in [6.45, 7) is 0. The smallest absolute Gasteiger partial charge is 0.331 e. The van der Waals surface area contributed by atoms with Crippen LogP contribution in [0.3, 0.4) is 0 Å². The fourth-order valence-electron chi connectivity index (χ4n) is 1.40. The molecule has 0 aliphatic carbocycles. The summed E-state index contributed by atoms with van der Waals surface area (Å²) in [6.07, 6.45) is 2.50. The molecule has 1 amide bonds. The second kappa shape index (κ2) is 7.44. The first-order valence-corrected chi connectivity index (χ1v) is 7.42. The average Bonchev–Trinajstić information content (AvgIpc) is 2.83. The first-order chi connectivity index (χ1) is 10.5. The molecule has 1 aromatic rings. The van der Waals surface area contributed by atoms with E-state index in [1.165, 1.54) is 13.3 Å². The van der Waals surface area contributed by atoms with Crippen molar-refractivity contribution in [3.05, 3.63) is 44.8 Å². The molecular weight excluding hydrogens is 349 g/mol. The van der Waals surface area contributed by atoms with E-state index in [1.807, 2.05) is 0 Å². The molecule has 0 radical (unpaired) electrons. The van der Waals surface area contributed by atoms with Gasteiger partial charge >= 0.3 is 5.97 Å². The van der Waals surface area contributed by atoms with Crippen LogP contribution in [0.15, 0.2) is 39.4 Å². The predicted molar refractivity (Wildman–Crippen MR) is 87.3 cm³/mol. The molecule has 0 saturated carbocycles. The van der Waals surface area contributed by atoms with Crippen LogP contribution in [0.25, 0.3) is 0 Å². The van der Waals surface area contributed by atoms with Gasteiger partial charge in [-0.05, 0) is 17.8 Å². The molecule has 0 spiro atoms. The number of carbonyl (C=O) groups is 2. The van der Waals surface area contributed by atoms with E-state index in [0.717, 1.165) is 17.8 Å². The van der Waals surface area contributed by atoms with E-state index >= 15 is 0 Å². The summed E-state index contributed by atoms with van der Waals surface area (Å²) in [6, 6.07) is 5.11. The van der Waals surface area contributed by atoms with Crippen molar-refractivity contribution in [2.24, 2.45) is 10.2 Å². The van der Waals surface area contributed by atoms with Crippen molar-refractivity contribution in [3.63, 3.8) is 0 Å². The Balaban J connectivity index is 2.10. The molecule has 0 aromatic heterocycles. The monoisotopic (exact) mass is 357 g/mol. The number of nitrogens with one attached hydrogen (secondary N) is 1. The summed E-state index contributed by atoms with van der Waals surface area (Å²) in [5.74, 6) is -1.06. The van der Waals surface area contributed by atoms with Crippen molar-refractivity contribution >= 4 is 58.2 Å². The van der Waals surface area contributed by atoms with E-state index in [4.69, 9.17) is 23.2 Å². The molecule has 0 bridgehead atoms. The lowest BCUT2D eigenvalue weighted by atomic mass is 10.2. The minimum Gasteiger partial charge on any atom is -0.466 e. The zero-order valence-electron chi connectivity index (χ0n) is 11.2. The number of carbonyl (C=O) groups excluding carboxylic acids is 2. The molecule has 0 unspecified atom stereocenters. The Bertz CT molecular complexity index is 716. The van der Waals surface area contributed by atoms with Crippen LogP contribution in [0.2, 0.25) is 10.0 Å². The van der Waals surface area contributed by atoms with Crippen molar-refractivity contribution in [1.82, 2.24) is 5.32 Å². The van der Waals surface area contributed by atoms with Crippen LogP contribution in [-0.2, 0) is 14.3 Å². The van der Waals surface area contributed by atoms with Gasteiger partial charge < -0.3 is 4.74 Å². The molecule has 1 aromatic carbocycles. The van der Waals surface area contributed by atoms with Crippen molar-refractivity contribution < 1.29 is 14.3 Å². The topological polar surface area (TPSA) is 80.1 Å². The molecule has 2 rings (SSSR count). The van der Waals surface area contributed by atoms with Crippen LogP contribution in [0, 0.1) is 0 Å². The Hall–Kier alpha value is -1.83. The highest BCUT2D eigenvalue weighted by atomic mass is 35.5. The van der Waals surface area contributed by atoms with Crippen molar-refractivity contribution in [2.45, 2.75) is 0 Å². The van der Waals surface area contributed by atoms with Crippen LogP contribution in [0.1, 0.15) is 5.56 Å². The quantitative estimate of drug-likeness (QED) is 0.390. The summed E-state index contributed by atoms with van der Waals surface area (Å²) < 4.78 is 4.45. The minimum absolute atomic E-state index is 0.182. The Morgan fingerprint density at radius 2 is 2.18 bits per heavy atom. The zero-order chi connectivity index (χ0) is 16.1. The third-order valence-electron chi connectivity index (χ3n) is 2.43. The number of esters is 1. The maximum Gasteiger partial charge on any atom is 0.331 e. The van der Waals surface area contributed by atoms with Crippen LogP contribution in [-0.4, -0.2) is 30.4 Å². The summed E-state index contributed by atoms with van der Waals surface area (Å²) in [5.41, 5.74) is 0.596. The maximum atomic E-state index is 11.6. The number of benzene rings is 1. The van der Waals surface area contributed by atoms with Crippen LogP contribution >= 0.6 is 35.0 Å². The van der Waals surface area contributed by atoms with E-state index in [1.54, 1.807) is 18.2 Å². The second-order valence-electron chi connectivity index (χ2n) is 3.88. The fraction of sp³-hybridized carbons (Fsp3) is 0.0769. The van der Waals surface area contributed by atoms with Gasteiger partial charge in [-0.1, -0.05) is 35.3 Å². The predicted octanol–water partition coefficient (Wildman–Crippen LogP) is 2.60. The largest absolute Gasteiger partial charge is 0.466 e. The fourth-order valence-corrected chi connectivity index (χ4v) is 2.50. The summed E-state index contributed by atoms with van der Waals surface area (Å²) in [5, 5.41) is 11.2. The lowest BCUT2D eigenvalue weighted by molar-refractivity contribution is -0.135. The first kappa shape index (κ1) is 16.5. The molecule has 1 fully saturated rings. The lowest BCUT2D eigenvalue weighted by Crippen LogP contribution is -2.19. The van der Waals surface area contributed by atoms with Gasteiger partial charge in [0.15, 0.2) is 5.17 Å². The number of amidine groups is 1. The normalized spacial score (nSPS) is 18.2. The molecule has 1 heterocycles. The molecule has 1 aliphatic rings. The molecular formula is C13H9Cl2N3O3S. The van der Waals surface area contributed by atoms with E-state index < -0.39 is 11.9 Å². The standard InChI is InChI=1S/C13H9Cl2N3O3S/c1-21-10(19)5-9-12(20)17-13(22-9)18-16-6-7-3-2-4-8(14)11(7)15/h2-6H,1H3,(H,17,18,20)/b9-5+,16-6?. The molecule has 6 nitrogen and oxygen atoms in total. The van der Waals surface area contributed by atoms with Gasteiger partial charge in [-0.25, -0.2) is 4.79 Å². The SMILES string of the molecule is COC(=O)/C=C1/S/C(=N\N=Cc2cccc(Cl)c2Cl)NC1=O. The Labute approximate surface area is 140 Å². The number of rotatable bonds is 3. The molecule has 1 aliphatic heterocycles. The second-order valence-corrected chi connectivity index (χ2v) is 5.70. The summed E-state index contributed by atoms with van der Waals surface area (Å²) in [4.78, 5) is 22.9. The summed E-state index contributed by atoms with van der Waals surface area (Å²) in [7, 11) is 1.23. The number of hydrogen-bond donors (Lipinski definition) is 1. The Morgan fingerprint density at radius 1 is 1.41 bits per heavy atom. The van der Waals surface area contributed by atoms with E-state index in [0.29, 0.717) is 15.6 Å². The van der Waals surface area contributed by atoms with E-state index in [9.17, 15) is 9.59 Å². The van der Waals surface area contributed by atoms with Gasteiger partial charge in [0.05, 0.1) is 28.3 Å². The van der Waals surface area contributed by atoms with Gasteiger partial charge in [0.2, 0.25) is 0 Å². The van der Waals surface area contributed by atoms with Gasteiger partial charge in [0.1, 0.15) is 0 Å². The number of halogens is 2. The molecule has 1 saturated heterocycles. The molecule has 1 N–H and O–H groups in total. The minimum atomic E-state index is -0.617. The highest BCUT2D eigenvalue weighted by Gasteiger charge is 2.24. The molecule has 0 atom stereocenters. The van der Waals surface area contributed by atoms with Crippen molar-refractivity contribution in [2.75, 3.05) is 7.11 Å². The van der Waals surface area contributed by atoms with E-state index in [-0.39, 0.29) is 10.1 Å². The van der Waals surface area contributed by atoms with Crippen molar-refractivity contribution in [3.8, 4) is 0 Å². The van der Waals surface area contributed by atoms with Gasteiger partial charge in [0, 0.05) is 11.6 Å². The number of methoxy groups -OCH3 is 1. The zero-order valence-corrected chi connectivity index (χ0v) is 13.5. The molecule has 9 heteroatoms. The summed E-state index contributed by atoms with van der Waals surface area (Å²) >= 11 is 12.9. The number of nitrogens with zero attached hydrogens (tertiary/aromatic N) is 2. The third kappa shape index (κ3) is 4.09. The van der Waals surface area contributed by atoms with Gasteiger partial charge in [-0.2, -0.15) is 5.10 Å². The van der Waals surface area contributed by atoms with Gasteiger partial charge in [-0.3, -0.25) is 10.1 Å². The Kier molecular flexibility index (Phi) is 5.59. The van der Waals surface area contributed by atoms with Crippen LogP contribution in [0.4, 0.5) is 0 Å². The average molecular weight is 358 g/mol. The number of hydrogen-bond acceptors (Lipinski definition) is 6. The van der Waals surface area contributed by atoms with Gasteiger partial charge in [-0.15, -0.1) is 5.10 Å². The Morgan fingerprint density at radius 3 is 2.91 bits per heavy atom. The van der Waals surface area contributed by atoms with Crippen molar-refractivity contribution in [1.29, 1.82) is 0 Å². The number of thioether (sulfide) groups is 1. The van der Waals surface area contributed by atoms with Crippen LogP contribution in [0.5, 0.6) is 0 Å².